The summed E-state index contributed by atoms with van der Waals surface area (Å²) in [6.45, 7) is 2.25. The molecular formula is C17H20N4O2. The molecule has 23 heavy (non-hydrogen) atoms. The van der Waals surface area contributed by atoms with Crippen LogP contribution in [0.15, 0.2) is 42.9 Å². The van der Waals surface area contributed by atoms with Gasteiger partial charge in [0.1, 0.15) is 5.69 Å². The van der Waals surface area contributed by atoms with Crippen molar-refractivity contribution >= 4 is 11.8 Å². The summed E-state index contributed by atoms with van der Waals surface area (Å²) < 4.78 is 1.94. The molecule has 3 rings (SSSR count). The van der Waals surface area contributed by atoms with E-state index in [1.807, 2.05) is 35.0 Å². The van der Waals surface area contributed by atoms with Crippen LogP contribution in [0.4, 0.5) is 0 Å². The van der Waals surface area contributed by atoms with E-state index in [0.29, 0.717) is 38.3 Å². The lowest BCUT2D eigenvalue weighted by Crippen LogP contribution is -2.51. The smallest absolute Gasteiger partial charge is 0.272 e. The van der Waals surface area contributed by atoms with Crippen LogP contribution in [0.2, 0.25) is 0 Å². The van der Waals surface area contributed by atoms with Crippen molar-refractivity contribution in [3.8, 4) is 0 Å². The number of carbonyl (C=O) groups excluding carboxylic acids is 2. The fraction of sp³-hybridized carbons (Fsp3) is 0.353. The van der Waals surface area contributed by atoms with E-state index >= 15 is 0 Å². The molecule has 6 heteroatoms. The molecule has 0 unspecified atom stereocenters. The Hall–Kier alpha value is -2.63. The minimum atomic E-state index is -0.0687. The molecule has 0 N–H and O–H groups in total. The number of rotatable bonds is 3. The standard InChI is InChI=1S/C17H20N4O2/c1-19-7-5-14(13-19)12-16(22)20-8-10-21(11-9-20)17(23)15-4-2-3-6-18-15/h2-7,13H,8-12H2,1H3. The number of aryl methyl sites for hydroxylation is 1. The van der Waals surface area contributed by atoms with Crippen molar-refractivity contribution < 1.29 is 9.59 Å². The Labute approximate surface area is 135 Å². The lowest BCUT2D eigenvalue weighted by molar-refractivity contribution is -0.131. The van der Waals surface area contributed by atoms with Gasteiger partial charge in [-0.2, -0.15) is 0 Å². The summed E-state index contributed by atoms with van der Waals surface area (Å²) in [4.78, 5) is 32.3. The first kappa shape index (κ1) is 15.3. The van der Waals surface area contributed by atoms with Crippen molar-refractivity contribution in [2.24, 2.45) is 7.05 Å². The van der Waals surface area contributed by atoms with E-state index in [1.165, 1.54) is 0 Å². The molecular weight excluding hydrogens is 292 g/mol. The second kappa shape index (κ2) is 6.64. The summed E-state index contributed by atoms with van der Waals surface area (Å²) in [6, 6.07) is 7.27. The van der Waals surface area contributed by atoms with Crippen molar-refractivity contribution in [2.45, 2.75) is 6.42 Å². The second-order valence-electron chi connectivity index (χ2n) is 5.75. The van der Waals surface area contributed by atoms with Crippen LogP contribution in [0, 0.1) is 0 Å². The molecule has 2 aromatic rings. The predicted molar refractivity (Wildman–Crippen MR) is 85.8 cm³/mol. The average molecular weight is 312 g/mol. The Morgan fingerprint density at radius 3 is 2.43 bits per heavy atom. The number of aromatic nitrogens is 2. The second-order valence-corrected chi connectivity index (χ2v) is 5.75. The Morgan fingerprint density at radius 1 is 1.09 bits per heavy atom. The van der Waals surface area contributed by atoms with E-state index in [2.05, 4.69) is 4.98 Å². The zero-order chi connectivity index (χ0) is 16.2. The van der Waals surface area contributed by atoms with E-state index < -0.39 is 0 Å². The maximum absolute atomic E-state index is 12.3. The molecule has 3 heterocycles. The molecule has 120 valence electrons. The van der Waals surface area contributed by atoms with Crippen LogP contribution in [-0.4, -0.2) is 57.3 Å². The Bertz CT molecular complexity index is 688. The topological polar surface area (TPSA) is 58.4 Å². The normalized spacial score (nSPS) is 14.8. The van der Waals surface area contributed by atoms with Crippen molar-refractivity contribution in [1.29, 1.82) is 0 Å². The Kier molecular flexibility index (Phi) is 4.41. The molecule has 0 spiro atoms. The lowest BCUT2D eigenvalue weighted by atomic mass is 10.2. The van der Waals surface area contributed by atoms with Gasteiger partial charge in [0, 0.05) is 51.8 Å². The summed E-state index contributed by atoms with van der Waals surface area (Å²) in [5.74, 6) is 0.0434. The van der Waals surface area contributed by atoms with E-state index in [1.54, 1.807) is 29.3 Å². The van der Waals surface area contributed by atoms with Crippen molar-refractivity contribution in [3.05, 3.63) is 54.1 Å². The maximum atomic E-state index is 12.3. The third-order valence-electron chi connectivity index (χ3n) is 4.05. The van der Waals surface area contributed by atoms with Gasteiger partial charge in [0.25, 0.3) is 5.91 Å². The summed E-state index contributed by atoms with van der Waals surface area (Å²) in [7, 11) is 1.94. The van der Waals surface area contributed by atoms with Gasteiger partial charge in [-0.3, -0.25) is 14.6 Å². The molecule has 0 bridgehead atoms. The van der Waals surface area contributed by atoms with E-state index in [-0.39, 0.29) is 11.8 Å². The number of nitrogens with zero attached hydrogens (tertiary/aromatic N) is 4. The summed E-state index contributed by atoms with van der Waals surface area (Å²) in [6.07, 6.45) is 5.92. The number of hydrogen-bond acceptors (Lipinski definition) is 3. The van der Waals surface area contributed by atoms with Gasteiger partial charge in [-0.05, 0) is 23.8 Å². The third-order valence-corrected chi connectivity index (χ3v) is 4.05. The van der Waals surface area contributed by atoms with Crippen LogP contribution in [0.5, 0.6) is 0 Å². The van der Waals surface area contributed by atoms with Crippen LogP contribution in [0.1, 0.15) is 16.1 Å². The molecule has 0 saturated carbocycles. The fourth-order valence-electron chi connectivity index (χ4n) is 2.76. The first-order valence-electron chi connectivity index (χ1n) is 7.72. The lowest BCUT2D eigenvalue weighted by Gasteiger charge is -2.34. The molecule has 1 aliphatic rings. The van der Waals surface area contributed by atoms with Gasteiger partial charge in [0.05, 0.1) is 6.42 Å². The van der Waals surface area contributed by atoms with Crippen LogP contribution in [0.3, 0.4) is 0 Å². The SMILES string of the molecule is Cn1ccc(CC(=O)N2CCN(C(=O)c3ccccn3)CC2)c1. The number of piperazine rings is 1. The van der Waals surface area contributed by atoms with Crippen molar-refractivity contribution in [1.82, 2.24) is 19.4 Å². The third kappa shape index (κ3) is 3.59. The van der Waals surface area contributed by atoms with Crippen LogP contribution < -0.4 is 0 Å². The Morgan fingerprint density at radius 2 is 1.83 bits per heavy atom. The molecule has 1 aliphatic heterocycles. The van der Waals surface area contributed by atoms with Gasteiger partial charge in [-0.25, -0.2) is 0 Å². The van der Waals surface area contributed by atoms with E-state index in [9.17, 15) is 9.59 Å². The highest BCUT2D eigenvalue weighted by Gasteiger charge is 2.25. The van der Waals surface area contributed by atoms with E-state index in [0.717, 1.165) is 5.56 Å². The maximum Gasteiger partial charge on any atom is 0.272 e. The average Bonchev–Trinajstić information content (AvgIpc) is 3.00. The van der Waals surface area contributed by atoms with Gasteiger partial charge < -0.3 is 14.4 Å². The highest BCUT2D eigenvalue weighted by atomic mass is 16.2. The zero-order valence-corrected chi connectivity index (χ0v) is 13.2. The largest absolute Gasteiger partial charge is 0.357 e. The van der Waals surface area contributed by atoms with Crippen LogP contribution >= 0.6 is 0 Å². The first-order valence-corrected chi connectivity index (χ1v) is 7.72. The minimum Gasteiger partial charge on any atom is -0.357 e. The van der Waals surface area contributed by atoms with Crippen LogP contribution in [-0.2, 0) is 18.3 Å². The first-order chi connectivity index (χ1) is 11.1. The van der Waals surface area contributed by atoms with Gasteiger partial charge in [0.2, 0.25) is 5.91 Å². The molecule has 1 saturated heterocycles. The van der Waals surface area contributed by atoms with Gasteiger partial charge >= 0.3 is 0 Å². The minimum absolute atomic E-state index is 0.0687. The number of hydrogen-bond donors (Lipinski definition) is 0. The summed E-state index contributed by atoms with van der Waals surface area (Å²) in [5, 5.41) is 0. The number of pyridine rings is 1. The zero-order valence-electron chi connectivity index (χ0n) is 13.2. The molecule has 0 atom stereocenters. The summed E-state index contributed by atoms with van der Waals surface area (Å²) >= 11 is 0. The molecule has 0 radical (unpaired) electrons. The van der Waals surface area contributed by atoms with Gasteiger partial charge in [-0.1, -0.05) is 6.07 Å². The van der Waals surface area contributed by atoms with Crippen molar-refractivity contribution in [2.75, 3.05) is 26.2 Å². The van der Waals surface area contributed by atoms with Gasteiger partial charge in [0.15, 0.2) is 0 Å². The Balaban J connectivity index is 1.54. The highest BCUT2D eigenvalue weighted by molar-refractivity contribution is 5.92. The molecule has 6 nitrogen and oxygen atoms in total. The quantitative estimate of drug-likeness (QED) is 0.848. The molecule has 1 fully saturated rings. The fourth-order valence-corrected chi connectivity index (χ4v) is 2.76. The molecule has 0 aliphatic carbocycles. The van der Waals surface area contributed by atoms with Gasteiger partial charge in [-0.15, -0.1) is 0 Å². The van der Waals surface area contributed by atoms with E-state index in [4.69, 9.17) is 0 Å². The highest BCUT2D eigenvalue weighted by Crippen LogP contribution is 2.09. The molecule has 2 aromatic heterocycles. The summed E-state index contributed by atoms with van der Waals surface area (Å²) in [5.41, 5.74) is 1.47. The number of amides is 2. The molecule has 2 amide bonds. The monoisotopic (exact) mass is 312 g/mol. The predicted octanol–water partition coefficient (Wildman–Crippen LogP) is 0.947. The van der Waals surface area contributed by atoms with Crippen LogP contribution in [0.25, 0.3) is 0 Å². The molecule has 0 aromatic carbocycles. The van der Waals surface area contributed by atoms with Crippen molar-refractivity contribution in [3.63, 3.8) is 0 Å². The number of carbonyl (C=O) groups is 2.